The van der Waals surface area contributed by atoms with E-state index in [9.17, 15) is 0 Å². The van der Waals surface area contributed by atoms with Crippen LogP contribution in [0.1, 0.15) is 31.9 Å². The minimum atomic E-state index is 0.504. The molecule has 0 bridgehead atoms. The average molecular weight is 246 g/mol. The van der Waals surface area contributed by atoms with Crippen LogP contribution in [0, 0.1) is 5.41 Å². The van der Waals surface area contributed by atoms with Crippen LogP contribution in [0.4, 0.5) is 5.82 Å². The maximum atomic E-state index is 4.39. The van der Waals surface area contributed by atoms with Gasteiger partial charge >= 0.3 is 0 Å². The molecular formula is C14H22N4. The van der Waals surface area contributed by atoms with E-state index in [0.717, 1.165) is 37.4 Å². The predicted molar refractivity (Wildman–Crippen MR) is 72.8 cm³/mol. The third-order valence-electron chi connectivity index (χ3n) is 4.31. The van der Waals surface area contributed by atoms with Gasteiger partial charge in [0.25, 0.3) is 0 Å². The van der Waals surface area contributed by atoms with Crippen molar-refractivity contribution < 1.29 is 0 Å². The molecule has 1 atom stereocenters. The maximum Gasteiger partial charge on any atom is 0.151 e. The molecule has 0 saturated carbocycles. The summed E-state index contributed by atoms with van der Waals surface area (Å²) in [5.74, 6) is 1.05. The van der Waals surface area contributed by atoms with Gasteiger partial charge in [0, 0.05) is 25.0 Å². The molecule has 3 rings (SSSR count). The van der Waals surface area contributed by atoms with Crippen molar-refractivity contribution in [3.8, 4) is 0 Å². The summed E-state index contributed by atoms with van der Waals surface area (Å²) >= 11 is 0. The van der Waals surface area contributed by atoms with E-state index < -0.39 is 0 Å². The second-order valence-electron chi connectivity index (χ2n) is 5.73. The number of hydrogen-bond acceptors (Lipinski definition) is 4. The third kappa shape index (κ3) is 2.21. The molecule has 0 amide bonds. The van der Waals surface area contributed by atoms with Gasteiger partial charge < -0.3 is 10.2 Å². The molecule has 3 heterocycles. The number of aromatic nitrogens is 2. The number of nitrogens with zero attached hydrogens (tertiary/aromatic N) is 3. The first kappa shape index (κ1) is 11.9. The third-order valence-corrected chi connectivity index (χ3v) is 4.31. The highest BCUT2D eigenvalue weighted by atomic mass is 15.3. The molecule has 1 spiro atoms. The van der Waals surface area contributed by atoms with Gasteiger partial charge in [0.05, 0.1) is 5.69 Å². The molecule has 2 aliphatic rings. The first-order chi connectivity index (χ1) is 8.81. The van der Waals surface area contributed by atoms with Gasteiger partial charge in [-0.2, -0.15) is 5.10 Å². The molecule has 1 unspecified atom stereocenters. The van der Waals surface area contributed by atoms with Gasteiger partial charge in [-0.05, 0) is 37.9 Å². The van der Waals surface area contributed by atoms with Gasteiger partial charge in [-0.15, -0.1) is 5.10 Å². The zero-order valence-corrected chi connectivity index (χ0v) is 11.2. The van der Waals surface area contributed by atoms with Crippen molar-refractivity contribution in [1.82, 2.24) is 15.5 Å². The zero-order chi connectivity index (χ0) is 12.4. The molecule has 0 radical (unpaired) electrons. The fourth-order valence-corrected chi connectivity index (χ4v) is 3.19. The zero-order valence-electron chi connectivity index (χ0n) is 11.2. The van der Waals surface area contributed by atoms with Crippen LogP contribution in [0.3, 0.4) is 0 Å². The lowest BCUT2D eigenvalue weighted by atomic mass is 9.87. The number of anilines is 1. The quantitative estimate of drug-likeness (QED) is 0.880. The van der Waals surface area contributed by atoms with Crippen molar-refractivity contribution in [2.24, 2.45) is 5.41 Å². The lowest BCUT2D eigenvalue weighted by Gasteiger charge is -2.23. The molecule has 1 N–H and O–H groups in total. The Morgan fingerprint density at radius 3 is 2.94 bits per heavy atom. The summed E-state index contributed by atoms with van der Waals surface area (Å²) in [5.41, 5.74) is 1.61. The normalized spacial score (nSPS) is 27.3. The lowest BCUT2D eigenvalue weighted by Crippen LogP contribution is -2.29. The Hall–Kier alpha value is -1.16. The Labute approximate surface area is 109 Å². The maximum absolute atomic E-state index is 4.39. The SMILES string of the molecule is CCCc1ccc(N2CCC3(CCNC3)C2)nn1. The minimum Gasteiger partial charge on any atom is -0.355 e. The number of nitrogens with one attached hydrogen (secondary N) is 1. The summed E-state index contributed by atoms with van der Waals surface area (Å²) in [6.45, 7) is 6.79. The summed E-state index contributed by atoms with van der Waals surface area (Å²) in [5, 5.41) is 12.2. The minimum absolute atomic E-state index is 0.504. The molecule has 4 nitrogen and oxygen atoms in total. The van der Waals surface area contributed by atoms with E-state index >= 15 is 0 Å². The summed E-state index contributed by atoms with van der Waals surface area (Å²) in [4.78, 5) is 2.40. The van der Waals surface area contributed by atoms with Crippen LogP contribution in [0.2, 0.25) is 0 Å². The van der Waals surface area contributed by atoms with E-state index in [1.807, 2.05) is 0 Å². The fraction of sp³-hybridized carbons (Fsp3) is 0.714. The number of hydrogen-bond donors (Lipinski definition) is 1. The van der Waals surface area contributed by atoms with Crippen molar-refractivity contribution in [3.63, 3.8) is 0 Å². The van der Waals surface area contributed by atoms with Crippen molar-refractivity contribution in [2.75, 3.05) is 31.1 Å². The number of aryl methyl sites for hydroxylation is 1. The van der Waals surface area contributed by atoms with Gasteiger partial charge in [0.1, 0.15) is 0 Å². The van der Waals surface area contributed by atoms with Gasteiger partial charge in [-0.25, -0.2) is 0 Å². The van der Waals surface area contributed by atoms with Gasteiger partial charge in [-0.3, -0.25) is 0 Å². The molecule has 2 aliphatic heterocycles. The van der Waals surface area contributed by atoms with Crippen LogP contribution < -0.4 is 10.2 Å². The van der Waals surface area contributed by atoms with Crippen molar-refractivity contribution in [1.29, 1.82) is 0 Å². The van der Waals surface area contributed by atoms with Gasteiger partial charge in [0.15, 0.2) is 5.82 Å². The molecule has 2 fully saturated rings. The standard InChI is InChI=1S/C14H22N4/c1-2-3-12-4-5-13(17-16-12)18-9-7-14(11-18)6-8-15-10-14/h4-5,15H,2-3,6-11H2,1H3. The lowest BCUT2D eigenvalue weighted by molar-refractivity contribution is 0.369. The summed E-state index contributed by atoms with van der Waals surface area (Å²) in [6.07, 6.45) is 4.76. The van der Waals surface area contributed by atoms with Crippen LogP contribution in [-0.4, -0.2) is 36.4 Å². The Balaban J connectivity index is 1.68. The smallest absolute Gasteiger partial charge is 0.151 e. The van der Waals surface area contributed by atoms with Crippen LogP contribution in [0.5, 0.6) is 0 Å². The van der Waals surface area contributed by atoms with Crippen LogP contribution >= 0.6 is 0 Å². The second kappa shape index (κ2) is 4.84. The largest absolute Gasteiger partial charge is 0.355 e. The fourth-order valence-electron chi connectivity index (χ4n) is 3.19. The van der Waals surface area contributed by atoms with Crippen LogP contribution in [-0.2, 0) is 6.42 Å². The van der Waals surface area contributed by atoms with E-state index in [4.69, 9.17) is 0 Å². The summed E-state index contributed by atoms with van der Waals surface area (Å²) in [6, 6.07) is 4.27. The van der Waals surface area contributed by atoms with Crippen molar-refractivity contribution >= 4 is 5.82 Å². The van der Waals surface area contributed by atoms with E-state index in [-0.39, 0.29) is 0 Å². The molecular weight excluding hydrogens is 224 g/mol. The van der Waals surface area contributed by atoms with Gasteiger partial charge in [-0.1, -0.05) is 13.3 Å². The van der Waals surface area contributed by atoms with Crippen molar-refractivity contribution in [3.05, 3.63) is 17.8 Å². The predicted octanol–water partition coefficient (Wildman–Crippen LogP) is 1.62. The van der Waals surface area contributed by atoms with E-state index in [2.05, 4.69) is 39.5 Å². The van der Waals surface area contributed by atoms with Crippen LogP contribution in [0.15, 0.2) is 12.1 Å². The first-order valence-electron chi connectivity index (χ1n) is 7.10. The Morgan fingerprint density at radius 2 is 2.28 bits per heavy atom. The van der Waals surface area contributed by atoms with Crippen molar-refractivity contribution in [2.45, 2.75) is 32.6 Å². The van der Waals surface area contributed by atoms with E-state index in [1.54, 1.807) is 0 Å². The second-order valence-corrected chi connectivity index (χ2v) is 5.73. The van der Waals surface area contributed by atoms with E-state index in [1.165, 1.54) is 25.9 Å². The molecule has 0 aromatic carbocycles. The monoisotopic (exact) mass is 246 g/mol. The highest BCUT2D eigenvalue weighted by Crippen LogP contribution is 2.37. The first-order valence-corrected chi connectivity index (χ1v) is 7.10. The van der Waals surface area contributed by atoms with Crippen LogP contribution in [0.25, 0.3) is 0 Å². The topological polar surface area (TPSA) is 41.0 Å². The highest BCUT2D eigenvalue weighted by molar-refractivity contribution is 5.39. The molecule has 98 valence electrons. The summed E-state index contributed by atoms with van der Waals surface area (Å²) < 4.78 is 0. The van der Waals surface area contributed by atoms with Gasteiger partial charge in [0.2, 0.25) is 0 Å². The van der Waals surface area contributed by atoms with E-state index in [0.29, 0.717) is 5.41 Å². The Kier molecular flexibility index (Phi) is 3.20. The Morgan fingerprint density at radius 1 is 1.33 bits per heavy atom. The molecule has 0 aliphatic carbocycles. The highest BCUT2D eigenvalue weighted by Gasteiger charge is 2.40. The molecule has 1 aromatic heterocycles. The molecule has 4 heteroatoms. The molecule has 1 aromatic rings. The Bertz CT molecular complexity index is 395. The average Bonchev–Trinajstić information content (AvgIpc) is 3.02. The number of rotatable bonds is 3. The summed E-state index contributed by atoms with van der Waals surface area (Å²) in [7, 11) is 0. The molecule has 18 heavy (non-hydrogen) atoms. The molecule has 2 saturated heterocycles.